The Morgan fingerprint density at radius 2 is 1.46 bits per heavy atom. The fraction of sp³-hybridized carbons (Fsp3) is 0.576. The Labute approximate surface area is 411 Å². The van der Waals surface area contributed by atoms with E-state index < -0.39 is 141 Å². The summed E-state index contributed by atoms with van der Waals surface area (Å²) in [5, 5.41) is 34.8. The van der Waals surface area contributed by atoms with E-state index >= 15 is 0 Å². The number of aliphatic hydroxyl groups excluding tert-OH is 3. The first kappa shape index (κ1) is 55.6. The summed E-state index contributed by atoms with van der Waals surface area (Å²) >= 11 is 0. The van der Waals surface area contributed by atoms with Gasteiger partial charge in [0.15, 0.2) is 30.2 Å². The van der Waals surface area contributed by atoms with Crippen molar-refractivity contribution in [3.05, 3.63) is 62.4 Å². The number of hydrogen-bond donors (Lipinski definition) is 12. The minimum Gasteiger partial charge on any atom is -0.387 e. The molecule has 3 aliphatic heterocycles. The summed E-state index contributed by atoms with van der Waals surface area (Å²) in [6, 6.07) is -0.716. The number of H-pyrrole nitrogens is 2. The highest BCUT2D eigenvalue weighted by molar-refractivity contribution is 7.66. The Balaban J connectivity index is 0.939. The zero-order valence-electron chi connectivity index (χ0n) is 38.2. The normalized spacial score (nSPS) is 30.6. The lowest BCUT2D eigenvalue weighted by molar-refractivity contribution is -0.745. The van der Waals surface area contributed by atoms with Crippen molar-refractivity contribution in [2.24, 2.45) is 13.0 Å². The number of nitrogens with one attached hydrogen (secondary N) is 3. The number of phosphoric ester groups is 2. The molecule has 4 unspecified atom stereocenters. The van der Waals surface area contributed by atoms with Crippen LogP contribution in [0.25, 0.3) is 22.3 Å². The second kappa shape index (κ2) is 21.4. The van der Waals surface area contributed by atoms with Crippen LogP contribution in [0.3, 0.4) is 0 Å². The molecule has 16 atom stereocenters. The lowest BCUT2D eigenvalue weighted by Crippen LogP contribution is -2.45. The molecule has 408 valence electrons. The summed E-state index contributed by atoms with van der Waals surface area (Å²) in [6.45, 7) is -3.35. The van der Waals surface area contributed by atoms with Crippen LogP contribution < -0.4 is 37.9 Å². The molecular weight excluding hydrogens is 1090 g/mol. The van der Waals surface area contributed by atoms with Crippen LogP contribution in [-0.4, -0.2) is 168 Å². The van der Waals surface area contributed by atoms with Crippen LogP contribution in [0.1, 0.15) is 18.7 Å². The topological polar surface area (TPSA) is 519 Å². The summed E-state index contributed by atoms with van der Waals surface area (Å²) in [5.74, 6) is -1.37. The molecule has 5 aromatic rings. The minimum atomic E-state index is -6.16. The molecule has 0 aliphatic carbocycles. The van der Waals surface area contributed by atoms with E-state index in [0.29, 0.717) is 0 Å². The van der Waals surface area contributed by atoms with Gasteiger partial charge in [-0.3, -0.25) is 46.8 Å². The molecular formula is C33H48N13O24P4+. The van der Waals surface area contributed by atoms with Gasteiger partial charge in [0, 0.05) is 32.4 Å². The fourth-order valence-corrected chi connectivity index (χ4v) is 13.0. The number of fused-ring (bicyclic) bond motifs is 2. The number of phosphoric acid groups is 3. The van der Waals surface area contributed by atoms with Crippen molar-refractivity contribution in [2.45, 2.75) is 67.5 Å². The highest BCUT2D eigenvalue weighted by Crippen LogP contribution is 2.68. The molecule has 3 saturated heterocycles. The second-order valence-corrected chi connectivity index (χ2v) is 22.7. The Bertz CT molecular complexity index is 3270. The number of aliphatic hydroxyl groups is 3. The summed E-state index contributed by atoms with van der Waals surface area (Å²) < 4.78 is 109. The number of nitrogens with two attached hydrogens (primary N) is 2. The van der Waals surface area contributed by atoms with E-state index in [2.05, 4.69) is 38.6 Å². The number of anilines is 2. The van der Waals surface area contributed by atoms with Gasteiger partial charge in [0.25, 0.3) is 17.1 Å². The first-order chi connectivity index (χ1) is 34.7. The number of ether oxygens (including phenoxy) is 5. The van der Waals surface area contributed by atoms with Crippen molar-refractivity contribution in [1.82, 2.24) is 48.7 Å². The van der Waals surface area contributed by atoms with Gasteiger partial charge in [-0.25, -0.2) is 47.7 Å². The average Bonchev–Trinajstić information content (AvgIpc) is 4.10. The molecule has 14 N–H and O–H groups in total. The largest absolute Gasteiger partial charge is 0.490 e. The number of aromatic amines is 2. The van der Waals surface area contributed by atoms with Gasteiger partial charge in [-0.1, -0.05) is 4.98 Å². The summed E-state index contributed by atoms with van der Waals surface area (Å²) in [7, 11) is -19.2. The molecule has 0 spiro atoms. The van der Waals surface area contributed by atoms with Crippen molar-refractivity contribution >= 4 is 65.3 Å². The maximum absolute atomic E-state index is 13.7. The maximum atomic E-state index is 13.7. The summed E-state index contributed by atoms with van der Waals surface area (Å²) in [4.78, 5) is 99.6. The first-order valence-corrected chi connectivity index (χ1v) is 27.3. The van der Waals surface area contributed by atoms with Crippen molar-refractivity contribution < 1.29 is 104 Å². The highest BCUT2D eigenvalue weighted by Gasteiger charge is 2.53. The van der Waals surface area contributed by atoms with Gasteiger partial charge in [0.05, 0.1) is 51.9 Å². The predicted molar refractivity (Wildman–Crippen MR) is 239 cm³/mol. The van der Waals surface area contributed by atoms with Crippen LogP contribution in [0.2, 0.25) is 0 Å². The number of rotatable bonds is 21. The zero-order valence-corrected chi connectivity index (χ0v) is 41.8. The monoisotopic (exact) mass is 1130 g/mol. The number of hydrogen-bond acceptors (Lipinski definition) is 26. The Kier molecular flexibility index (Phi) is 16.1. The number of methoxy groups -OCH3 is 2. The molecule has 0 bridgehead atoms. The molecule has 0 radical (unpaired) electrons. The van der Waals surface area contributed by atoms with E-state index in [1.807, 2.05) is 4.98 Å². The molecule has 3 aliphatic rings. The van der Waals surface area contributed by atoms with Gasteiger partial charge in [0.1, 0.15) is 48.5 Å². The maximum Gasteiger partial charge on any atom is 0.490 e. The van der Waals surface area contributed by atoms with Crippen LogP contribution in [0, 0.1) is 5.92 Å². The van der Waals surface area contributed by atoms with Gasteiger partial charge in [-0.2, -0.15) is 8.62 Å². The lowest BCUT2D eigenvalue weighted by atomic mass is 9.99. The molecule has 0 aromatic carbocycles. The van der Waals surface area contributed by atoms with Crippen molar-refractivity contribution in [1.29, 1.82) is 0 Å². The van der Waals surface area contributed by atoms with E-state index in [1.54, 1.807) is 0 Å². The second-order valence-electron chi connectivity index (χ2n) is 16.5. The lowest BCUT2D eigenvalue weighted by Gasteiger charge is -2.27. The summed E-state index contributed by atoms with van der Waals surface area (Å²) in [6.07, 6.45) is -10.9. The Morgan fingerprint density at radius 1 is 0.797 bits per heavy atom. The predicted octanol–water partition coefficient (Wildman–Crippen LogP) is -4.40. The smallest absolute Gasteiger partial charge is 0.387 e. The van der Waals surface area contributed by atoms with E-state index in [-0.39, 0.29) is 40.7 Å². The minimum absolute atomic E-state index is 0.0181. The number of nitrogen functional groups attached to an aromatic ring is 2. The number of aromatic nitrogens is 10. The fourth-order valence-electron chi connectivity index (χ4n) is 8.39. The van der Waals surface area contributed by atoms with E-state index in [1.165, 1.54) is 40.5 Å². The molecule has 37 nitrogen and oxygen atoms in total. The third-order valence-corrected chi connectivity index (χ3v) is 17.0. The van der Waals surface area contributed by atoms with Crippen LogP contribution in [0.5, 0.6) is 0 Å². The van der Waals surface area contributed by atoms with Gasteiger partial charge in [-0.05, 0) is 0 Å². The molecule has 0 amide bonds. The molecule has 0 saturated carbocycles. The van der Waals surface area contributed by atoms with E-state index in [0.717, 1.165) is 30.3 Å². The van der Waals surface area contributed by atoms with Crippen molar-refractivity contribution in [2.75, 3.05) is 52.1 Å². The average molecular weight is 1130 g/mol. The van der Waals surface area contributed by atoms with Crippen LogP contribution in [0.4, 0.5) is 11.8 Å². The molecule has 5 aromatic heterocycles. The number of aryl methyl sites for hydroxylation is 1. The van der Waals surface area contributed by atoms with Gasteiger partial charge in [-0.15, -0.1) is 0 Å². The van der Waals surface area contributed by atoms with Crippen LogP contribution in [0.15, 0.2) is 45.6 Å². The molecule has 8 heterocycles. The van der Waals surface area contributed by atoms with Crippen molar-refractivity contribution in [3.63, 3.8) is 0 Å². The Hall–Kier alpha value is -4.62. The van der Waals surface area contributed by atoms with Crippen LogP contribution >= 0.6 is 31.2 Å². The molecule has 41 heteroatoms. The van der Waals surface area contributed by atoms with Gasteiger partial charge < -0.3 is 70.0 Å². The quantitative estimate of drug-likeness (QED) is 0.0244. The van der Waals surface area contributed by atoms with Gasteiger partial charge in [0.2, 0.25) is 11.7 Å². The van der Waals surface area contributed by atoms with Gasteiger partial charge >= 0.3 is 42.6 Å². The SMILES string of the molecule is COC[C@H]1[C@@H](O)[C@H]([n+]2cn(C)c3c(=O)[nH]c(N)nc32)O[C@@H]1COP(=O)(O)OP(=O)(O)OP(=O)(O)OC[C@H]1O[C@@H](n2cnc3c(N)ncnc32)[C@H](OC)[C@@H]1NP(=O)(O)OC[C@H]1O[C@@H](n2ccc(=O)[nH]c2=O)[C@H](O)[C@@H]1O. The van der Waals surface area contributed by atoms with E-state index in [4.69, 9.17) is 48.7 Å². The number of imidazole rings is 2. The molecule has 74 heavy (non-hydrogen) atoms. The standard InChI is InChI=1S/C33H47N13O24P4/c1-43-12-46(27-20(43)28(51)41-32(35)40-27)29-21(48)13(6-61-2)14(66-29)7-64-72(55,56)69-74(59,60)70-73(57,58)65-8-15-18(24(62-3)31(67-15)45-11-38-19-25(34)36-10-37-26(19)45)42-71(53,54)63-9-16-22(49)23(50)30(68-16)44-5-4-17(47)39-33(44)52/h4-5,10-16,18,21-24,29-31,48-50H,6-9H2,1-3H3,(H10-,34,35,36,37,39,40,41,42,47,51,52,53,54,55,56,57,58,59,60)/p+1/t13-,14-,15-,16-,18-,21-,22-,23-,24-,29-,30-,31-/m1/s1. The Morgan fingerprint density at radius 3 is 2.12 bits per heavy atom. The third kappa shape index (κ3) is 11.7. The first-order valence-electron chi connectivity index (χ1n) is 21.2. The third-order valence-electron chi connectivity index (χ3n) is 11.6. The number of nitrogens with zero attached hydrogens (tertiary/aromatic N) is 8. The molecule has 3 fully saturated rings. The van der Waals surface area contributed by atoms with Crippen LogP contribution in [-0.2, 0) is 71.2 Å². The van der Waals surface area contributed by atoms with E-state index in [9.17, 15) is 67.5 Å². The zero-order chi connectivity index (χ0) is 53.8. The van der Waals surface area contributed by atoms with Crippen molar-refractivity contribution in [3.8, 4) is 0 Å². The summed E-state index contributed by atoms with van der Waals surface area (Å²) in [5.41, 5.74) is 9.37. The highest BCUT2D eigenvalue weighted by atomic mass is 31.3. The molecule has 8 rings (SSSR count).